The minimum atomic E-state index is -0.270. The van der Waals surface area contributed by atoms with Crippen LogP contribution in [0.1, 0.15) is 18.1 Å². The molecule has 0 aliphatic carbocycles. The molecular weight excluding hydrogens is 396 g/mol. The van der Waals surface area contributed by atoms with Gasteiger partial charge in [0, 0.05) is 10.0 Å². The molecule has 0 saturated carbocycles. The van der Waals surface area contributed by atoms with E-state index in [1.807, 2.05) is 7.05 Å². The number of H-pyrrole nitrogens is 2. The number of fused-ring (bicyclic) bond motifs is 1. The van der Waals surface area contributed by atoms with Gasteiger partial charge in [-0.05, 0) is 40.0 Å². The van der Waals surface area contributed by atoms with E-state index in [1.54, 1.807) is 12.1 Å². The van der Waals surface area contributed by atoms with Crippen molar-refractivity contribution in [3.63, 3.8) is 0 Å². The van der Waals surface area contributed by atoms with E-state index in [1.165, 1.54) is 11.1 Å². The van der Waals surface area contributed by atoms with E-state index >= 15 is 0 Å². The Morgan fingerprint density at radius 3 is 2.38 bits per heavy atom. The number of carbonyl (C=O) groups is 1. The van der Waals surface area contributed by atoms with E-state index in [-0.39, 0.29) is 11.6 Å². The predicted octanol–water partition coefficient (Wildman–Crippen LogP) is 1.83. The van der Waals surface area contributed by atoms with Crippen molar-refractivity contribution in [2.24, 2.45) is 0 Å². The maximum Gasteiger partial charge on any atom is 0.323 e. The lowest BCUT2D eigenvalue weighted by Crippen LogP contribution is -3.08. The summed E-state index contributed by atoms with van der Waals surface area (Å²) in [5.41, 5.74) is 4.24. The lowest BCUT2D eigenvalue weighted by Gasteiger charge is -2.15. The first-order valence-electron chi connectivity index (χ1n) is 8.55. The highest BCUT2D eigenvalue weighted by atomic mass is 79.9. The third kappa shape index (κ3) is 4.42. The summed E-state index contributed by atoms with van der Waals surface area (Å²) >= 11 is 3.43. The SMILES string of the molecule is CCc1ccc(C[NH+](C)CC(=O)Nc2cc3[nH]c(=O)[nH]c3cc2Br)cc1. The maximum atomic E-state index is 12.4. The first-order valence-corrected chi connectivity index (χ1v) is 9.34. The Labute approximate surface area is 159 Å². The predicted molar refractivity (Wildman–Crippen MR) is 107 cm³/mol. The number of hydrogen-bond donors (Lipinski definition) is 4. The number of likely N-dealkylation sites (N-methyl/N-ethyl adjacent to an activating group) is 1. The van der Waals surface area contributed by atoms with Crippen LogP contribution in [0.3, 0.4) is 0 Å². The number of nitrogens with one attached hydrogen (secondary N) is 4. The fourth-order valence-corrected chi connectivity index (χ4v) is 3.37. The Kier molecular flexibility index (Phi) is 5.58. The molecule has 4 N–H and O–H groups in total. The van der Waals surface area contributed by atoms with Gasteiger partial charge in [0.25, 0.3) is 5.91 Å². The Morgan fingerprint density at radius 2 is 1.73 bits per heavy atom. The number of benzene rings is 2. The van der Waals surface area contributed by atoms with Crippen LogP contribution in [0.5, 0.6) is 0 Å². The van der Waals surface area contributed by atoms with Gasteiger partial charge in [-0.25, -0.2) is 4.79 Å². The molecule has 0 aliphatic rings. The van der Waals surface area contributed by atoms with Gasteiger partial charge in [0.2, 0.25) is 0 Å². The molecular formula is C19H22BrN4O2+. The Bertz CT molecular complexity index is 975. The number of imidazole rings is 1. The number of amides is 1. The molecule has 6 nitrogen and oxygen atoms in total. The molecule has 0 aliphatic heterocycles. The van der Waals surface area contributed by atoms with Crippen LogP contribution < -0.4 is 15.9 Å². The highest BCUT2D eigenvalue weighted by molar-refractivity contribution is 9.10. The molecule has 1 amide bonds. The van der Waals surface area contributed by atoms with Gasteiger partial charge in [-0.2, -0.15) is 0 Å². The number of carbonyl (C=O) groups excluding carboxylic acids is 1. The molecule has 1 unspecified atom stereocenters. The molecule has 0 saturated heterocycles. The van der Waals surface area contributed by atoms with Gasteiger partial charge in [-0.3, -0.25) is 4.79 Å². The number of rotatable bonds is 6. The molecule has 1 heterocycles. The number of anilines is 1. The summed E-state index contributed by atoms with van der Waals surface area (Å²) in [6.45, 7) is 3.27. The van der Waals surface area contributed by atoms with Crippen molar-refractivity contribution in [1.29, 1.82) is 0 Å². The van der Waals surface area contributed by atoms with Crippen molar-refractivity contribution in [3.8, 4) is 0 Å². The number of quaternary nitrogens is 1. The molecule has 1 aromatic heterocycles. The van der Waals surface area contributed by atoms with Crippen molar-refractivity contribution in [1.82, 2.24) is 9.97 Å². The molecule has 2 aromatic carbocycles. The average Bonchev–Trinajstić information content (AvgIpc) is 2.94. The largest absolute Gasteiger partial charge is 0.326 e. The molecule has 0 radical (unpaired) electrons. The summed E-state index contributed by atoms with van der Waals surface area (Å²) in [5.74, 6) is -0.0781. The van der Waals surface area contributed by atoms with Gasteiger partial charge < -0.3 is 20.2 Å². The topological polar surface area (TPSA) is 82.2 Å². The van der Waals surface area contributed by atoms with Gasteiger partial charge in [0.1, 0.15) is 6.54 Å². The number of hydrogen-bond acceptors (Lipinski definition) is 2. The lowest BCUT2D eigenvalue weighted by atomic mass is 10.1. The van der Waals surface area contributed by atoms with Gasteiger partial charge in [-0.15, -0.1) is 0 Å². The second kappa shape index (κ2) is 7.88. The highest BCUT2D eigenvalue weighted by Gasteiger charge is 2.13. The summed E-state index contributed by atoms with van der Waals surface area (Å²) in [7, 11) is 2.00. The Balaban J connectivity index is 1.62. The molecule has 3 aromatic rings. The zero-order valence-electron chi connectivity index (χ0n) is 14.8. The third-order valence-electron chi connectivity index (χ3n) is 4.28. The first kappa shape index (κ1) is 18.4. The fourth-order valence-electron chi connectivity index (χ4n) is 2.92. The standard InChI is InChI=1S/C19H21BrN4O2/c1-3-12-4-6-13(7-5-12)10-24(2)11-18(25)21-15-9-17-16(8-14(15)20)22-19(26)23-17/h4-9H,3,10-11H2,1-2H3,(H,21,25)(H2,22,23,26)/p+1. The molecule has 0 spiro atoms. The number of aromatic amines is 2. The van der Waals surface area contributed by atoms with Crippen LogP contribution in [-0.4, -0.2) is 29.5 Å². The molecule has 0 bridgehead atoms. The number of aryl methyl sites for hydroxylation is 1. The molecule has 0 fully saturated rings. The molecule has 1 atom stereocenters. The molecule has 3 rings (SSSR count). The van der Waals surface area contributed by atoms with Crippen LogP contribution in [0.2, 0.25) is 0 Å². The van der Waals surface area contributed by atoms with E-state index in [9.17, 15) is 9.59 Å². The second-order valence-corrected chi connectivity index (χ2v) is 7.34. The van der Waals surface area contributed by atoms with E-state index < -0.39 is 0 Å². The summed E-state index contributed by atoms with van der Waals surface area (Å²) in [5, 5.41) is 2.90. The quantitative estimate of drug-likeness (QED) is 0.493. The summed E-state index contributed by atoms with van der Waals surface area (Å²) < 4.78 is 0.724. The van der Waals surface area contributed by atoms with E-state index in [4.69, 9.17) is 0 Å². The smallest absolute Gasteiger partial charge is 0.323 e. The molecule has 26 heavy (non-hydrogen) atoms. The van der Waals surface area contributed by atoms with Gasteiger partial charge >= 0.3 is 5.69 Å². The number of aromatic nitrogens is 2. The fraction of sp³-hybridized carbons (Fsp3) is 0.263. The van der Waals surface area contributed by atoms with E-state index in [2.05, 4.69) is 62.4 Å². The van der Waals surface area contributed by atoms with Crippen molar-refractivity contribution < 1.29 is 9.69 Å². The second-order valence-electron chi connectivity index (χ2n) is 6.49. The lowest BCUT2D eigenvalue weighted by molar-refractivity contribution is -0.885. The van der Waals surface area contributed by atoms with Crippen LogP contribution in [-0.2, 0) is 17.8 Å². The van der Waals surface area contributed by atoms with Crippen molar-refractivity contribution in [2.45, 2.75) is 19.9 Å². The zero-order valence-corrected chi connectivity index (χ0v) is 16.4. The summed E-state index contributed by atoms with van der Waals surface area (Å²) in [6, 6.07) is 12.0. The molecule has 136 valence electrons. The zero-order chi connectivity index (χ0) is 18.7. The van der Waals surface area contributed by atoms with Crippen molar-refractivity contribution in [2.75, 3.05) is 18.9 Å². The monoisotopic (exact) mass is 417 g/mol. The minimum Gasteiger partial charge on any atom is -0.326 e. The van der Waals surface area contributed by atoms with Crippen molar-refractivity contribution in [3.05, 3.63) is 62.5 Å². The van der Waals surface area contributed by atoms with Crippen LogP contribution in [0, 0.1) is 0 Å². The van der Waals surface area contributed by atoms with Crippen molar-refractivity contribution >= 4 is 38.6 Å². The first-order chi connectivity index (χ1) is 12.4. The van der Waals surface area contributed by atoms with Crippen LogP contribution in [0.4, 0.5) is 5.69 Å². The third-order valence-corrected chi connectivity index (χ3v) is 4.93. The van der Waals surface area contributed by atoms with E-state index in [0.29, 0.717) is 23.3 Å². The van der Waals surface area contributed by atoms with Crippen LogP contribution in [0.15, 0.2) is 45.7 Å². The highest BCUT2D eigenvalue weighted by Crippen LogP contribution is 2.26. The van der Waals surface area contributed by atoms with Crippen LogP contribution in [0.25, 0.3) is 11.0 Å². The minimum absolute atomic E-state index is 0.0781. The normalized spacial score (nSPS) is 12.3. The van der Waals surface area contributed by atoms with Crippen LogP contribution >= 0.6 is 15.9 Å². The summed E-state index contributed by atoms with van der Waals surface area (Å²) in [6.07, 6.45) is 1.02. The van der Waals surface area contributed by atoms with Gasteiger partial charge in [-0.1, -0.05) is 31.2 Å². The summed E-state index contributed by atoms with van der Waals surface area (Å²) in [4.78, 5) is 30.2. The Morgan fingerprint density at radius 1 is 1.12 bits per heavy atom. The van der Waals surface area contributed by atoms with Gasteiger partial charge in [0.15, 0.2) is 6.54 Å². The average molecular weight is 418 g/mol. The Hall–Kier alpha value is -2.38. The molecule has 7 heteroatoms. The number of halogens is 1. The van der Waals surface area contributed by atoms with E-state index in [0.717, 1.165) is 22.3 Å². The maximum absolute atomic E-state index is 12.4. The van der Waals surface area contributed by atoms with Gasteiger partial charge in [0.05, 0.1) is 23.8 Å².